The number of thiazole rings is 1. The average molecular weight is 287 g/mol. The van der Waals surface area contributed by atoms with Gasteiger partial charge in [0.1, 0.15) is 16.3 Å². The SMILES string of the molecule is CCOC(=O)Cc1csc(-c2cn3ccccc3n2)n1. The highest BCUT2D eigenvalue weighted by Gasteiger charge is 2.11. The summed E-state index contributed by atoms with van der Waals surface area (Å²) in [6.07, 6.45) is 4.08. The van der Waals surface area contributed by atoms with Crippen molar-refractivity contribution in [1.29, 1.82) is 0 Å². The predicted octanol–water partition coefficient (Wildman–Crippen LogP) is 2.56. The number of rotatable bonds is 4. The van der Waals surface area contributed by atoms with Gasteiger partial charge in [-0.3, -0.25) is 4.79 Å². The standard InChI is InChI=1S/C14H13N3O2S/c1-2-19-13(18)7-10-9-20-14(15-10)11-8-17-6-4-3-5-12(17)16-11/h3-6,8-9H,2,7H2,1H3. The van der Waals surface area contributed by atoms with Crippen LogP contribution in [0.4, 0.5) is 0 Å². The van der Waals surface area contributed by atoms with E-state index in [1.165, 1.54) is 11.3 Å². The van der Waals surface area contributed by atoms with E-state index in [4.69, 9.17) is 4.74 Å². The molecule has 102 valence electrons. The minimum atomic E-state index is -0.251. The molecule has 0 saturated carbocycles. The molecule has 0 saturated heterocycles. The Kier molecular flexibility index (Phi) is 3.47. The number of hydrogen-bond acceptors (Lipinski definition) is 5. The van der Waals surface area contributed by atoms with Crippen molar-refractivity contribution in [1.82, 2.24) is 14.4 Å². The maximum atomic E-state index is 11.4. The summed E-state index contributed by atoms with van der Waals surface area (Å²) < 4.78 is 6.86. The maximum absolute atomic E-state index is 11.4. The molecular weight excluding hydrogens is 274 g/mol. The first-order valence-corrected chi connectivity index (χ1v) is 7.18. The van der Waals surface area contributed by atoms with Crippen LogP contribution in [0.5, 0.6) is 0 Å². The first-order valence-electron chi connectivity index (χ1n) is 6.30. The number of esters is 1. The number of imidazole rings is 1. The first-order chi connectivity index (χ1) is 9.76. The summed E-state index contributed by atoms with van der Waals surface area (Å²) in [5.41, 5.74) is 2.42. The van der Waals surface area contributed by atoms with Crippen molar-refractivity contribution in [3.63, 3.8) is 0 Å². The number of aromatic nitrogens is 3. The van der Waals surface area contributed by atoms with Crippen molar-refractivity contribution in [2.24, 2.45) is 0 Å². The molecule has 0 aliphatic rings. The minimum absolute atomic E-state index is 0.206. The topological polar surface area (TPSA) is 56.5 Å². The molecule has 3 heterocycles. The highest BCUT2D eigenvalue weighted by Crippen LogP contribution is 2.23. The van der Waals surface area contributed by atoms with E-state index in [1.807, 2.05) is 40.4 Å². The number of nitrogens with zero attached hydrogens (tertiary/aromatic N) is 3. The molecule has 3 aromatic heterocycles. The molecule has 0 spiro atoms. The van der Waals surface area contributed by atoms with Crippen molar-refractivity contribution < 1.29 is 9.53 Å². The van der Waals surface area contributed by atoms with Gasteiger partial charge in [0.25, 0.3) is 0 Å². The Hall–Kier alpha value is -2.21. The van der Waals surface area contributed by atoms with Crippen LogP contribution in [0.1, 0.15) is 12.6 Å². The Morgan fingerprint density at radius 2 is 2.30 bits per heavy atom. The molecule has 0 aliphatic carbocycles. The summed E-state index contributed by atoms with van der Waals surface area (Å²) in [4.78, 5) is 20.4. The normalized spacial score (nSPS) is 10.8. The van der Waals surface area contributed by atoms with Crippen LogP contribution >= 0.6 is 11.3 Å². The highest BCUT2D eigenvalue weighted by molar-refractivity contribution is 7.13. The van der Waals surface area contributed by atoms with E-state index < -0.39 is 0 Å². The summed E-state index contributed by atoms with van der Waals surface area (Å²) >= 11 is 1.48. The molecule has 20 heavy (non-hydrogen) atoms. The van der Waals surface area contributed by atoms with Gasteiger partial charge < -0.3 is 9.14 Å². The van der Waals surface area contributed by atoms with Crippen LogP contribution in [-0.2, 0) is 16.0 Å². The van der Waals surface area contributed by atoms with Crippen LogP contribution < -0.4 is 0 Å². The molecule has 0 aliphatic heterocycles. The molecule has 3 rings (SSSR count). The number of fused-ring (bicyclic) bond motifs is 1. The minimum Gasteiger partial charge on any atom is -0.466 e. The van der Waals surface area contributed by atoms with Crippen LogP contribution in [-0.4, -0.2) is 26.9 Å². The van der Waals surface area contributed by atoms with E-state index in [9.17, 15) is 4.79 Å². The molecule has 3 aromatic rings. The van der Waals surface area contributed by atoms with Crippen molar-refractivity contribution in [3.05, 3.63) is 41.7 Å². The summed E-state index contributed by atoms with van der Waals surface area (Å²) in [6, 6.07) is 5.84. The van der Waals surface area contributed by atoms with Gasteiger partial charge in [-0.1, -0.05) is 6.07 Å². The predicted molar refractivity (Wildman–Crippen MR) is 76.6 cm³/mol. The van der Waals surface area contributed by atoms with E-state index >= 15 is 0 Å². The average Bonchev–Trinajstić information content (AvgIpc) is 3.04. The number of carbonyl (C=O) groups excluding carboxylic acids is 1. The van der Waals surface area contributed by atoms with Gasteiger partial charge in [0.05, 0.1) is 18.7 Å². The maximum Gasteiger partial charge on any atom is 0.311 e. The van der Waals surface area contributed by atoms with Crippen LogP contribution in [0.15, 0.2) is 36.0 Å². The molecule has 0 aromatic carbocycles. The van der Waals surface area contributed by atoms with Crippen molar-refractivity contribution in [3.8, 4) is 10.7 Å². The third kappa shape index (κ3) is 2.55. The van der Waals surface area contributed by atoms with Gasteiger partial charge in [-0.25, -0.2) is 9.97 Å². The lowest BCUT2D eigenvalue weighted by Gasteiger charge is -1.97. The lowest BCUT2D eigenvalue weighted by Crippen LogP contribution is -2.07. The molecule has 0 fully saturated rings. The lowest BCUT2D eigenvalue weighted by atomic mass is 10.3. The van der Waals surface area contributed by atoms with Gasteiger partial charge in [-0.2, -0.15) is 0 Å². The van der Waals surface area contributed by atoms with Crippen LogP contribution in [0.25, 0.3) is 16.3 Å². The summed E-state index contributed by atoms with van der Waals surface area (Å²) in [5.74, 6) is -0.251. The Bertz CT molecular complexity index is 715. The highest BCUT2D eigenvalue weighted by atomic mass is 32.1. The molecule has 0 bridgehead atoms. The van der Waals surface area contributed by atoms with Crippen LogP contribution in [0.2, 0.25) is 0 Å². The molecule has 6 heteroatoms. The number of pyridine rings is 1. The number of hydrogen-bond donors (Lipinski definition) is 0. The summed E-state index contributed by atoms with van der Waals surface area (Å²) in [5, 5.41) is 2.68. The van der Waals surface area contributed by atoms with Crippen molar-refractivity contribution in [2.45, 2.75) is 13.3 Å². The molecule has 5 nitrogen and oxygen atoms in total. The van der Waals surface area contributed by atoms with Gasteiger partial charge in [0.15, 0.2) is 0 Å². The zero-order valence-corrected chi connectivity index (χ0v) is 11.8. The second kappa shape index (κ2) is 5.42. The van der Waals surface area contributed by atoms with Gasteiger partial charge in [-0.05, 0) is 19.1 Å². The smallest absolute Gasteiger partial charge is 0.311 e. The zero-order chi connectivity index (χ0) is 13.9. The fraction of sp³-hybridized carbons (Fsp3) is 0.214. The lowest BCUT2D eigenvalue weighted by molar-refractivity contribution is -0.142. The molecule has 0 atom stereocenters. The Morgan fingerprint density at radius 1 is 1.40 bits per heavy atom. The second-order valence-electron chi connectivity index (χ2n) is 4.22. The van der Waals surface area contributed by atoms with E-state index in [2.05, 4.69) is 9.97 Å². The summed E-state index contributed by atoms with van der Waals surface area (Å²) in [6.45, 7) is 2.18. The summed E-state index contributed by atoms with van der Waals surface area (Å²) in [7, 11) is 0. The number of carbonyl (C=O) groups is 1. The molecule has 0 unspecified atom stereocenters. The van der Waals surface area contributed by atoms with Gasteiger partial charge in [-0.15, -0.1) is 11.3 Å². The van der Waals surface area contributed by atoms with E-state index in [1.54, 1.807) is 6.92 Å². The molecule has 0 radical (unpaired) electrons. The van der Waals surface area contributed by atoms with E-state index in [-0.39, 0.29) is 12.4 Å². The first kappa shape index (κ1) is 12.8. The Morgan fingerprint density at radius 3 is 3.10 bits per heavy atom. The Labute approximate surface area is 119 Å². The zero-order valence-electron chi connectivity index (χ0n) is 10.9. The second-order valence-corrected chi connectivity index (χ2v) is 5.08. The quantitative estimate of drug-likeness (QED) is 0.692. The van der Waals surface area contributed by atoms with Crippen LogP contribution in [0, 0.1) is 0 Å². The van der Waals surface area contributed by atoms with Crippen LogP contribution in [0.3, 0.4) is 0 Å². The molecule has 0 amide bonds. The fourth-order valence-corrected chi connectivity index (χ4v) is 2.68. The van der Waals surface area contributed by atoms with E-state index in [0.29, 0.717) is 6.61 Å². The third-order valence-corrected chi connectivity index (χ3v) is 3.68. The third-order valence-electron chi connectivity index (χ3n) is 2.77. The molecule has 0 N–H and O–H groups in total. The fourth-order valence-electron chi connectivity index (χ4n) is 1.90. The van der Waals surface area contributed by atoms with Gasteiger partial charge in [0.2, 0.25) is 0 Å². The number of ether oxygens (including phenoxy) is 1. The van der Waals surface area contributed by atoms with Gasteiger partial charge in [0, 0.05) is 17.8 Å². The molecular formula is C14H13N3O2S. The Balaban J connectivity index is 1.84. The van der Waals surface area contributed by atoms with Crippen molar-refractivity contribution >= 4 is 23.0 Å². The monoisotopic (exact) mass is 287 g/mol. The largest absolute Gasteiger partial charge is 0.466 e. The van der Waals surface area contributed by atoms with E-state index in [0.717, 1.165) is 22.0 Å². The van der Waals surface area contributed by atoms with Gasteiger partial charge >= 0.3 is 5.97 Å². The van der Waals surface area contributed by atoms with Crippen molar-refractivity contribution in [2.75, 3.05) is 6.61 Å².